The van der Waals surface area contributed by atoms with Gasteiger partial charge in [-0.2, -0.15) is 0 Å². The van der Waals surface area contributed by atoms with Gasteiger partial charge in [-0.05, 0) is 11.5 Å². The SMILES string of the molecule is CC(C)CS(=O)(=O)CCC(=O)N1C[C@@H](N)[C@H](c2ccccc2)C1.Cl. The van der Waals surface area contributed by atoms with Gasteiger partial charge in [0.2, 0.25) is 5.91 Å². The van der Waals surface area contributed by atoms with Gasteiger partial charge >= 0.3 is 0 Å². The Morgan fingerprint density at radius 1 is 1.25 bits per heavy atom. The van der Waals surface area contributed by atoms with Crippen LogP contribution >= 0.6 is 12.4 Å². The van der Waals surface area contributed by atoms with Crippen LogP contribution in [0.15, 0.2) is 30.3 Å². The molecule has 5 nitrogen and oxygen atoms in total. The summed E-state index contributed by atoms with van der Waals surface area (Å²) in [6, 6.07) is 9.81. The molecule has 1 aliphatic rings. The van der Waals surface area contributed by atoms with Crippen LogP contribution < -0.4 is 5.73 Å². The van der Waals surface area contributed by atoms with Gasteiger partial charge in [0, 0.05) is 31.5 Å². The second-order valence-corrected chi connectivity index (χ2v) is 8.97. The molecule has 1 amide bonds. The Bertz CT molecular complexity index is 634. The summed E-state index contributed by atoms with van der Waals surface area (Å²) in [6.45, 7) is 4.78. The maximum absolute atomic E-state index is 12.3. The maximum atomic E-state index is 12.3. The molecule has 0 radical (unpaired) electrons. The lowest BCUT2D eigenvalue weighted by atomic mass is 9.95. The average molecular weight is 375 g/mol. The van der Waals surface area contributed by atoms with E-state index in [9.17, 15) is 13.2 Å². The van der Waals surface area contributed by atoms with Crippen molar-refractivity contribution in [3.8, 4) is 0 Å². The van der Waals surface area contributed by atoms with Crippen LogP contribution in [0.2, 0.25) is 0 Å². The van der Waals surface area contributed by atoms with E-state index in [1.807, 2.05) is 44.2 Å². The Morgan fingerprint density at radius 2 is 1.88 bits per heavy atom. The fraction of sp³-hybridized carbons (Fsp3) is 0.588. The van der Waals surface area contributed by atoms with Crippen LogP contribution in [0.1, 0.15) is 31.7 Å². The van der Waals surface area contributed by atoms with E-state index >= 15 is 0 Å². The van der Waals surface area contributed by atoms with Crippen LogP contribution in [-0.4, -0.2) is 49.9 Å². The molecular formula is C17H27ClN2O3S. The number of benzene rings is 1. The number of likely N-dealkylation sites (tertiary alicyclic amines) is 1. The lowest BCUT2D eigenvalue weighted by Crippen LogP contribution is -2.33. The van der Waals surface area contributed by atoms with Gasteiger partial charge in [-0.3, -0.25) is 4.79 Å². The van der Waals surface area contributed by atoms with Crippen LogP contribution in [0.3, 0.4) is 0 Å². The highest BCUT2D eigenvalue weighted by molar-refractivity contribution is 7.91. The Morgan fingerprint density at radius 3 is 2.46 bits per heavy atom. The number of hydrogen-bond acceptors (Lipinski definition) is 4. The van der Waals surface area contributed by atoms with Crippen LogP contribution in [-0.2, 0) is 14.6 Å². The number of carbonyl (C=O) groups is 1. The average Bonchev–Trinajstić information content (AvgIpc) is 2.86. The molecule has 2 atom stereocenters. The van der Waals surface area contributed by atoms with E-state index in [0.717, 1.165) is 5.56 Å². The van der Waals surface area contributed by atoms with Gasteiger partial charge in [-0.1, -0.05) is 44.2 Å². The molecule has 1 aromatic rings. The van der Waals surface area contributed by atoms with Crippen LogP contribution in [0.5, 0.6) is 0 Å². The smallest absolute Gasteiger partial charge is 0.223 e. The third-order valence-corrected chi connectivity index (χ3v) is 6.16. The lowest BCUT2D eigenvalue weighted by Gasteiger charge is -2.16. The second kappa shape index (κ2) is 8.83. The van der Waals surface area contributed by atoms with E-state index in [4.69, 9.17) is 5.73 Å². The van der Waals surface area contributed by atoms with E-state index in [1.54, 1.807) is 4.90 Å². The molecule has 0 spiro atoms. The van der Waals surface area contributed by atoms with Crippen molar-refractivity contribution in [3.05, 3.63) is 35.9 Å². The van der Waals surface area contributed by atoms with Gasteiger partial charge in [0.05, 0.1) is 11.5 Å². The van der Waals surface area contributed by atoms with Crippen LogP contribution in [0.25, 0.3) is 0 Å². The molecule has 0 saturated carbocycles. The van der Waals surface area contributed by atoms with E-state index in [0.29, 0.717) is 13.1 Å². The number of nitrogens with two attached hydrogens (primary N) is 1. The van der Waals surface area contributed by atoms with Crippen molar-refractivity contribution in [2.45, 2.75) is 32.2 Å². The Balaban J connectivity index is 0.00000288. The topological polar surface area (TPSA) is 80.5 Å². The predicted molar refractivity (Wildman–Crippen MR) is 99.1 cm³/mol. The standard InChI is InChI=1S/C17H26N2O3S.ClH/c1-13(2)12-23(21,22)9-8-17(20)19-10-15(16(18)11-19)14-6-4-3-5-7-14;/h3-7,13,15-16H,8-12,18H2,1-2H3;1H/t15-,16+;/m0./s1. The fourth-order valence-corrected chi connectivity index (χ4v) is 4.75. The number of halogens is 1. The number of rotatable bonds is 6. The molecule has 1 aromatic carbocycles. The Kier molecular flexibility index (Phi) is 7.70. The van der Waals surface area contributed by atoms with Gasteiger partial charge < -0.3 is 10.6 Å². The summed E-state index contributed by atoms with van der Waals surface area (Å²) < 4.78 is 23.8. The van der Waals surface area contributed by atoms with Gasteiger partial charge in [0.1, 0.15) is 0 Å². The molecule has 1 saturated heterocycles. The normalized spacial score (nSPS) is 20.9. The highest BCUT2D eigenvalue weighted by Gasteiger charge is 2.33. The maximum Gasteiger partial charge on any atom is 0.223 e. The summed E-state index contributed by atoms with van der Waals surface area (Å²) in [5.74, 6) is 0.134. The van der Waals surface area contributed by atoms with Gasteiger partial charge in [-0.25, -0.2) is 8.42 Å². The summed E-state index contributed by atoms with van der Waals surface area (Å²) in [5.41, 5.74) is 7.30. The quantitative estimate of drug-likeness (QED) is 0.823. The highest BCUT2D eigenvalue weighted by atomic mass is 35.5. The first kappa shape index (κ1) is 20.9. The zero-order chi connectivity index (χ0) is 17.0. The van der Waals surface area contributed by atoms with Crippen molar-refractivity contribution in [1.29, 1.82) is 0 Å². The molecule has 0 aromatic heterocycles. The minimum absolute atomic E-state index is 0. The van der Waals surface area contributed by atoms with Crippen LogP contribution in [0, 0.1) is 5.92 Å². The molecule has 0 bridgehead atoms. The Labute approximate surface area is 150 Å². The van der Waals surface area contributed by atoms with Crippen molar-refractivity contribution >= 4 is 28.2 Å². The second-order valence-electron chi connectivity index (χ2n) is 6.74. The van der Waals surface area contributed by atoms with Crippen molar-refractivity contribution in [3.63, 3.8) is 0 Å². The molecule has 2 N–H and O–H groups in total. The first-order valence-corrected chi connectivity index (χ1v) is 9.89. The summed E-state index contributed by atoms with van der Waals surface area (Å²) in [7, 11) is -3.16. The third-order valence-electron chi connectivity index (χ3n) is 4.16. The monoisotopic (exact) mass is 374 g/mol. The predicted octanol–water partition coefficient (Wildman–Crippen LogP) is 1.82. The molecule has 1 heterocycles. The number of carbonyl (C=O) groups excluding carboxylic acids is 1. The number of sulfone groups is 1. The zero-order valence-corrected chi connectivity index (χ0v) is 15.9. The summed E-state index contributed by atoms with van der Waals surface area (Å²) in [5, 5.41) is 0. The van der Waals surface area contributed by atoms with Gasteiger partial charge in [-0.15, -0.1) is 12.4 Å². The fourth-order valence-electron chi connectivity index (χ4n) is 3.08. The molecule has 1 fully saturated rings. The van der Waals surface area contributed by atoms with E-state index in [1.165, 1.54) is 0 Å². The largest absolute Gasteiger partial charge is 0.340 e. The summed E-state index contributed by atoms with van der Waals surface area (Å²) in [6.07, 6.45) is 0.0449. The first-order valence-electron chi connectivity index (χ1n) is 8.07. The molecule has 24 heavy (non-hydrogen) atoms. The highest BCUT2D eigenvalue weighted by Crippen LogP contribution is 2.26. The first-order chi connectivity index (χ1) is 10.8. The molecule has 0 aliphatic carbocycles. The van der Waals surface area contributed by atoms with Crippen molar-refractivity contribution in [2.75, 3.05) is 24.6 Å². The third kappa shape index (κ3) is 5.76. The Hall–Kier alpha value is -1.11. The molecular weight excluding hydrogens is 348 g/mol. The van der Waals surface area contributed by atoms with Crippen molar-refractivity contribution in [1.82, 2.24) is 4.90 Å². The molecule has 0 unspecified atom stereocenters. The number of nitrogens with zero attached hydrogens (tertiary/aromatic N) is 1. The van der Waals surface area contributed by atoms with E-state index in [-0.39, 0.29) is 54.1 Å². The van der Waals surface area contributed by atoms with Crippen molar-refractivity contribution in [2.24, 2.45) is 11.7 Å². The zero-order valence-electron chi connectivity index (χ0n) is 14.2. The molecule has 136 valence electrons. The summed E-state index contributed by atoms with van der Waals surface area (Å²) in [4.78, 5) is 14.0. The number of hydrogen-bond donors (Lipinski definition) is 1. The lowest BCUT2D eigenvalue weighted by molar-refractivity contribution is -0.129. The molecule has 1 aliphatic heterocycles. The number of amides is 1. The molecule has 7 heteroatoms. The van der Waals surface area contributed by atoms with E-state index < -0.39 is 9.84 Å². The minimum atomic E-state index is -3.16. The van der Waals surface area contributed by atoms with Crippen LogP contribution in [0.4, 0.5) is 0 Å². The van der Waals surface area contributed by atoms with Gasteiger partial charge in [0.25, 0.3) is 0 Å². The summed E-state index contributed by atoms with van der Waals surface area (Å²) >= 11 is 0. The van der Waals surface area contributed by atoms with E-state index in [2.05, 4.69) is 0 Å². The van der Waals surface area contributed by atoms with Gasteiger partial charge in [0.15, 0.2) is 9.84 Å². The molecule has 2 rings (SSSR count). The van der Waals surface area contributed by atoms with Crippen molar-refractivity contribution < 1.29 is 13.2 Å². The minimum Gasteiger partial charge on any atom is -0.340 e.